The van der Waals surface area contributed by atoms with Gasteiger partial charge in [-0.05, 0) is 72.4 Å². The van der Waals surface area contributed by atoms with Crippen LogP contribution in [0.1, 0.15) is 53.6 Å². The second kappa shape index (κ2) is 12.0. The monoisotopic (exact) mass is 593 g/mol. The number of nitrogens with one attached hydrogen (secondary N) is 2. The maximum absolute atomic E-state index is 12.9. The first-order chi connectivity index (χ1) is 19.6. The molecule has 1 saturated carbocycles. The number of anilines is 1. The summed E-state index contributed by atoms with van der Waals surface area (Å²) in [6.45, 7) is 0. The van der Waals surface area contributed by atoms with Crippen LogP contribution in [-0.2, 0) is 28.3 Å². The number of hydrogen-bond acceptors (Lipinski definition) is 5. The van der Waals surface area contributed by atoms with E-state index in [1.54, 1.807) is 18.2 Å². The Morgan fingerprint density at radius 2 is 1.78 bits per heavy atom. The fraction of sp³-hybridized carbons (Fsp3) is 0.290. The van der Waals surface area contributed by atoms with Crippen molar-refractivity contribution in [1.29, 1.82) is 0 Å². The fourth-order valence-electron chi connectivity index (χ4n) is 5.52. The lowest BCUT2D eigenvalue weighted by Crippen LogP contribution is -2.30. The number of halogens is 1. The number of amides is 2. The SMILES string of the molecule is COc1cc(C(=O)NS(=O)(=O)c2ccccc2Cl)ccc1Cc1cn(C)c2ccc(NC(=O)CC3CCCC3)cc12. The molecule has 0 radical (unpaired) electrons. The zero-order chi connectivity index (χ0) is 29.1. The smallest absolute Gasteiger partial charge is 0.265 e. The number of aromatic nitrogens is 1. The van der Waals surface area contributed by atoms with E-state index in [0.717, 1.165) is 40.6 Å². The van der Waals surface area contributed by atoms with Gasteiger partial charge in [-0.15, -0.1) is 0 Å². The number of fused-ring (bicyclic) bond motifs is 1. The van der Waals surface area contributed by atoms with E-state index in [2.05, 4.69) is 10.0 Å². The Hall–Kier alpha value is -3.82. The average molecular weight is 594 g/mol. The number of aryl methyl sites for hydroxylation is 1. The molecule has 41 heavy (non-hydrogen) atoms. The third kappa shape index (κ3) is 6.41. The molecule has 0 bridgehead atoms. The van der Waals surface area contributed by atoms with Crippen molar-refractivity contribution < 1.29 is 22.7 Å². The largest absolute Gasteiger partial charge is 0.496 e. The molecule has 0 unspecified atom stereocenters. The molecule has 214 valence electrons. The molecule has 1 heterocycles. The van der Waals surface area contributed by atoms with Crippen LogP contribution in [0, 0.1) is 5.92 Å². The van der Waals surface area contributed by atoms with E-state index in [0.29, 0.717) is 24.5 Å². The number of nitrogens with zero attached hydrogens (tertiary/aromatic N) is 1. The van der Waals surface area contributed by atoms with Crippen molar-refractivity contribution in [3.8, 4) is 5.75 Å². The van der Waals surface area contributed by atoms with Crippen LogP contribution in [0.3, 0.4) is 0 Å². The Labute approximate surface area is 244 Å². The lowest BCUT2D eigenvalue weighted by atomic mass is 10.0. The van der Waals surface area contributed by atoms with Gasteiger partial charge < -0.3 is 14.6 Å². The molecule has 3 aromatic carbocycles. The van der Waals surface area contributed by atoms with E-state index < -0.39 is 15.9 Å². The van der Waals surface area contributed by atoms with Gasteiger partial charge in [-0.2, -0.15) is 0 Å². The number of methoxy groups -OCH3 is 1. The first-order valence-electron chi connectivity index (χ1n) is 13.5. The zero-order valence-corrected chi connectivity index (χ0v) is 24.5. The summed E-state index contributed by atoms with van der Waals surface area (Å²) in [7, 11) is -0.694. The quantitative estimate of drug-likeness (QED) is 0.245. The van der Waals surface area contributed by atoms with Crippen molar-refractivity contribution in [2.75, 3.05) is 12.4 Å². The van der Waals surface area contributed by atoms with Gasteiger partial charge in [-0.1, -0.05) is 42.6 Å². The normalized spacial score (nSPS) is 13.8. The minimum atomic E-state index is -4.16. The summed E-state index contributed by atoms with van der Waals surface area (Å²) >= 11 is 6.02. The van der Waals surface area contributed by atoms with Crippen molar-refractivity contribution in [3.05, 3.63) is 88.6 Å². The Morgan fingerprint density at radius 1 is 1.02 bits per heavy atom. The van der Waals surface area contributed by atoms with E-state index in [1.807, 2.05) is 36.0 Å². The van der Waals surface area contributed by atoms with Crippen molar-refractivity contribution in [2.45, 2.75) is 43.4 Å². The van der Waals surface area contributed by atoms with Crippen molar-refractivity contribution in [3.63, 3.8) is 0 Å². The van der Waals surface area contributed by atoms with Crippen molar-refractivity contribution in [2.24, 2.45) is 13.0 Å². The van der Waals surface area contributed by atoms with Crippen molar-refractivity contribution in [1.82, 2.24) is 9.29 Å². The number of hydrogen-bond donors (Lipinski definition) is 2. The van der Waals surface area contributed by atoms with Crippen LogP contribution in [0.5, 0.6) is 5.75 Å². The second-order valence-corrected chi connectivity index (χ2v) is 12.5. The third-order valence-corrected chi connectivity index (χ3v) is 9.42. The predicted octanol–water partition coefficient (Wildman–Crippen LogP) is 6.07. The van der Waals surface area contributed by atoms with Crippen LogP contribution in [-0.4, -0.2) is 31.9 Å². The first-order valence-corrected chi connectivity index (χ1v) is 15.4. The highest BCUT2D eigenvalue weighted by Gasteiger charge is 2.23. The molecular formula is C31H32ClN3O5S. The van der Waals surface area contributed by atoms with Gasteiger partial charge in [0.25, 0.3) is 15.9 Å². The van der Waals surface area contributed by atoms with Gasteiger partial charge in [0.2, 0.25) is 5.91 Å². The number of ether oxygens (including phenoxy) is 1. The minimum Gasteiger partial charge on any atom is -0.496 e. The maximum Gasteiger partial charge on any atom is 0.265 e. The lowest BCUT2D eigenvalue weighted by Gasteiger charge is -2.12. The Morgan fingerprint density at radius 3 is 2.51 bits per heavy atom. The summed E-state index contributed by atoms with van der Waals surface area (Å²) in [6.07, 6.45) is 7.73. The molecule has 0 saturated heterocycles. The summed E-state index contributed by atoms with van der Waals surface area (Å²) < 4.78 is 35.2. The number of carbonyl (C=O) groups is 2. The number of sulfonamides is 1. The van der Waals surface area contributed by atoms with Crippen LogP contribution >= 0.6 is 11.6 Å². The molecule has 1 aromatic heterocycles. The second-order valence-electron chi connectivity index (χ2n) is 10.5. The summed E-state index contributed by atoms with van der Waals surface area (Å²) in [5.41, 5.74) is 3.75. The fourth-order valence-corrected chi connectivity index (χ4v) is 7.01. The van der Waals surface area contributed by atoms with Crippen LogP contribution in [0.15, 0.2) is 71.8 Å². The molecule has 1 aliphatic rings. The van der Waals surface area contributed by atoms with E-state index in [1.165, 1.54) is 44.2 Å². The molecular weight excluding hydrogens is 562 g/mol. The molecule has 5 rings (SSSR count). The highest BCUT2D eigenvalue weighted by Crippen LogP contribution is 2.31. The van der Waals surface area contributed by atoms with E-state index >= 15 is 0 Å². The Balaban J connectivity index is 1.35. The first kappa shape index (κ1) is 28.7. The van der Waals surface area contributed by atoms with Gasteiger partial charge in [0.05, 0.1) is 12.1 Å². The molecule has 0 spiro atoms. The average Bonchev–Trinajstić information content (AvgIpc) is 3.56. The Kier molecular flexibility index (Phi) is 8.37. The van der Waals surface area contributed by atoms with Gasteiger partial charge in [0.15, 0.2) is 0 Å². The molecule has 2 N–H and O–H groups in total. The van der Waals surface area contributed by atoms with E-state index in [9.17, 15) is 18.0 Å². The molecule has 10 heteroatoms. The molecule has 2 amide bonds. The molecule has 0 aliphatic heterocycles. The minimum absolute atomic E-state index is 0.0207. The van der Waals surface area contributed by atoms with Crippen LogP contribution in [0.25, 0.3) is 10.9 Å². The van der Waals surface area contributed by atoms with E-state index in [-0.39, 0.29) is 21.4 Å². The number of rotatable bonds is 9. The Bertz CT molecular complexity index is 1730. The van der Waals surface area contributed by atoms with Crippen LogP contribution < -0.4 is 14.8 Å². The molecule has 4 aromatic rings. The molecule has 1 fully saturated rings. The standard InChI is InChI=1S/C31H32ClN3O5S/c1-35-19-23(25-18-24(13-14-27(25)35)33-30(36)15-20-7-3-4-8-20)16-21-11-12-22(17-28(21)40-2)31(37)34-41(38,39)29-10-6-5-9-26(29)32/h5-6,9-14,17-20H,3-4,7-8,15-16H2,1-2H3,(H,33,36)(H,34,37). The molecule has 8 nitrogen and oxygen atoms in total. The summed E-state index contributed by atoms with van der Waals surface area (Å²) in [5.74, 6) is 0.171. The van der Waals surface area contributed by atoms with Crippen molar-refractivity contribution >= 4 is 50.0 Å². The van der Waals surface area contributed by atoms with Crippen LogP contribution in [0.4, 0.5) is 5.69 Å². The number of benzene rings is 3. The zero-order valence-electron chi connectivity index (χ0n) is 22.9. The van der Waals surface area contributed by atoms with Crippen LogP contribution in [0.2, 0.25) is 5.02 Å². The summed E-state index contributed by atoms with van der Waals surface area (Å²) in [4.78, 5) is 25.3. The number of carbonyl (C=O) groups excluding carboxylic acids is 2. The highest BCUT2D eigenvalue weighted by atomic mass is 35.5. The topological polar surface area (TPSA) is 106 Å². The molecule has 1 aliphatic carbocycles. The highest BCUT2D eigenvalue weighted by molar-refractivity contribution is 7.90. The molecule has 0 atom stereocenters. The summed E-state index contributed by atoms with van der Waals surface area (Å²) in [6, 6.07) is 16.7. The maximum atomic E-state index is 12.9. The van der Waals surface area contributed by atoms with Gasteiger partial charge in [0, 0.05) is 48.2 Å². The lowest BCUT2D eigenvalue weighted by molar-refractivity contribution is -0.117. The third-order valence-electron chi connectivity index (χ3n) is 7.59. The van der Waals surface area contributed by atoms with Gasteiger partial charge in [0.1, 0.15) is 10.6 Å². The summed E-state index contributed by atoms with van der Waals surface area (Å²) in [5, 5.41) is 4.08. The van der Waals surface area contributed by atoms with E-state index in [4.69, 9.17) is 16.3 Å². The van der Waals surface area contributed by atoms with Gasteiger partial charge in [-0.3, -0.25) is 9.59 Å². The predicted molar refractivity (Wildman–Crippen MR) is 160 cm³/mol. The van der Waals surface area contributed by atoms with Gasteiger partial charge in [-0.25, -0.2) is 13.1 Å². The van der Waals surface area contributed by atoms with Gasteiger partial charge >= 0.3 is 0 Å².